The van der Waals surface area contributed by atoms with Crippen molar-refractivity contribution >= 4 is 23.0 Å². The molecule has 0 spiro atoms. The molecule has 3 unspecified atom stereocenters. The SMILES string of the molecule is Clc1cccc2c1N1C(CCC3CCCCC31)CN2. The van der Waals surface area contributed by atoms with E-state index in [0.29, 0.717) is 6.04 Å². The van der Waals surface area contributed by atoms with Crippen LogP contribution in [0, 0.1) is 5.92 Å². The van der Waals surface area contributed by atoms with Gasteiger partial charge in [-0.2, -0.15) is 0 Å². The molecule has 2 fully saturated rings. The maximum atomic E-state index is 6.51. The van der Waals surface area contributed by atoms with Crippen LogP contribution in [0.1, 0.15) is 38.5 Å². The molecule has 1 aromatic carbocycles. The van der Waals surface area contributed by atoms with Crippen LogP contribution in [0.4, 0.5) is 11.4 Å². The first-order valence-corrected chi connectivity index (χ1v) is 8.03. The van der Waals surface area contributed by atoms with Crippen molar-refractivity contribution in [2.75, 3.05) is 16.8 Å². The normalized spacial score (nSPS) is 32.9. The van der Waals surface area contributed by atoms with Gasteiger partial charge in [-0.25, -0.2) is 0 Å². The molecule has 1 saturated carbocycles. The second-order valence-corrected chi connectivity index (χ2v) is 6.67. The van der Waals surface area contributed by atoms with Gasteiger partial charge >= 0.3 is 0 Å². The summed E-state index contributed by atoms with van der Waals surface area (Å²) in [7, 11) is 0. The van der Waals surface area contributed by atoms with E-state index in [1.807, 2.05) is 6.07 Å². The number of nitrogens with one attached hydrogen (secondary N) is 1. The fraction of sp³-hybridized carbons (Fsp3) is 0.625. The third-order valence-corrected chi connectivity index (χ3v) is 5.57. The van der Waals surface area contributed by atoms with Gasteiger partial charge in [-0.1, -0.05) is 30.5 Å². The largest absolute Gasteiger partial charge is 0.381 e. The van der Waals surface area contributed by atoms with E-state index >= 15 is 0 Å². The molecule has 2 aliphatic heterocycles. The third-order valence-electron chi connectivity index (χ3n) is 5.26. The molecule has 3 aliphatic rings. The molecule has 0 amide bonds. The maximum absolute atomic E-state index is 6.51. The minimum atomic E-state index is 0.645. The molecular formula is C16H21ClN2. The predicted octanol–water partition coefficient (Wildman–Crippen LogP) is 4.29. The Morgan fingerprint density at radius 2 is 2.00 bits per heavy atom. The maximum Gasteiger partial charge on any atom is 0.0796 e. The fourth-order valence-electron chi connectivity index (χ4n) is 4.40. The minimum Gasteiger partial charge on any atom is -0.381 e. The molecule has 3 heteroatoms. The standard InChI is InChI=1S/C16H21ClN2/c17-13-5-3-6-14-16(13)19-12(10-18-14)9-8-11-4-1-2-7-15(11)19/h3,5-6,11-12,15,18H,1-2,4,7-10H2. The fourth-order valence-corrected chi connectivity index (χ4v) is 4.68. The van der Waals surface area contributed by atoms with E-state index in [-0.39, 0.29) is 0 Å². The molecule has 1 saturated heterocycles. The highest BCUT2D eigenvalue weighted by Gasteiger charge is 2.41. The van der Waals surface area contributed by atoms with Gasteiger partial charge in [0, 0.05) is 18.6 Å². The van der Waals surface area contributed by atoms with Crippen LogP contribution in [0.5, 0.6) is 0 Å². The Balaban J connectivity index is 1.78. The molecule has 3 atom stereocenters. The zero-order valence-corrected chi connectivity index (χ0v) is 12.0. The van der Waals surface area contributed by atoms with E-state index in [2.05, 4.69) is 22.3 Å². The Bertz CT molecular complexity index is 488. The van der Waals surface area contributed by atoms with Crippen LogP contribution in [-0.2, 0) is 0 Å². The van der Waals surface area contributed by atoms with Gasteiger partial charge < -0.3 is 10.2 Å². The van der Waals surface area contributed by atoms with Gasteiger partial charge in [0.05, 0.1) is 16.4 Å². The van der Waals surface area contributed by atoms with Gasteiger partial charge in [-0.3, -0.25) is 0 Å². The number of fused-ring (bicyclic) bond motifs is 5. The summed E-state index contributed by atoms with van der Waals surface area (Å²) in [5.74, 6) is 0.896. The predicted molar refractivity (Wildman–Crippen MR) is 81.2 cm³/mol. The summed E-state index contributed by atoms with van der Waals surface area (Å²) in [5, 5.41) is 4.49. The summed E-state index contributed by atoms with van der Waals surface area (Å²) in [6, 6.07) is 7.64. The minimum absolute atomic E-state index is 0.645. The Morgan fingerprint density at radius 1 is 1.11 bits per heavy atom. The first-order chi connectivity index (χ1) is 9.34. The number of rotatable bonds is 0. The van der Waals surface area contributed by atoms with Gasteiger partial charge in [0.2, 0.25) is 0 Å². The van der Waals surface area contributed by atoms with Crippen molar-refractivity contribution in [1.82, 2.24) is 0 Å². The van der Waals surface area contributed by atoms with E-state index in [9.17, 15) is 0 Å². The van der Waals surface area contributed by atoms with Crippen LogP contribution < -0.4 is 10.2 Å². The highest BCUT2D eigenvalue weighted by atomic mass is 35.5. The zero-order valence-electron chi connectivity index (χ0n) is 11.2. The number of piperidine rings is 1. The van der Waals surface area contributed by atoms with E-state index in [0.717, 1.165) is 23.5 Å². The summed E-state index contributed by atoms with van der Waals surface area (Å²) in [6.45, 7) is 1.08. The van der Waals surface area contributed by atoms with Gasteiger partial charge in [-0.15, -0.1) is 0 Å². The van der Waals surface area contributed by atoms with Gasteiger partial charge in [0.1, 0.15) is 0 Å². The number of hydrogen-bond acceptors (Lipinski definition) is 2. The van der Waals surface area contributed by atoms with E-state index in [4.69, 9.17) is 11.6 Å². The second kappa shape index (κ2) is 4.59. The number of benzene rings is 1. The van der Waals surface area contributed by atoms with Gasteiger partial charge in [0.15, 0.2) is 0 Å². The molecule has 0 bridgehead atoms. The lowest BCUT2D eigenvalue weighted by molar-refractivity contribution is 0.215. The first-order valence-electron chi connectivity index (χ1n) is 7.65. The number of para-hydroxylation sites is 1. The summed E-state index contributed by atoms with van der Waals surface area (Å²) < 4.78 is 0. The van der Waals surface area contributed by atoms with Gasteiger partial charge in [0.25, 0.3) is 0 Å². The van der Waals surface area contributed by atoms with Crippen molar-refractivity contribution in [2.45, 2.75) is 50.6 Å². The molecule has 0 radical (unpaired) electrons. The summed E-state index contributed by atoms with van der Waals surface area (Å²) in [6.07, 6.45) is 8.31. The molecular weight excluding hydrogens is 256 g/mol. The Kier molecular flexibility index (Phi) is 2.87. The second-order valence-electron chi connectivity index (χ2n) is 6.27. The Morgan fingerprint density at radius 3 is 2.95 bits per heavy atom. The van der Waals surface area contributed by atoms with Gasteiger partial charge in [-0.05, 0) is 43.7 Å². The van der Waals surface area contributed by atoms with Crippen LogP contribution >= 0.6 is 11.6 Å². The highest BCUT2D eigenvalue weighted by Crippen LogP contribution is 2.47. The summed E-state index contributed by atoms with van der Waals surface area (Å²) >= 11 is 6.51. The monoisotopic (exact) mass is 276 g/mol. The topological polar surface area (TPSA) is 15.3 Å². The molecule has 0 aromatic heterocycles. The van der Waals surface area contributed by atoms with Crippen LogP contribution in [0.15, 0.2) is 18.2 Å². The molecule has 1 aliphatic carbocycles. The summed E-state index contributed by atoms with van der Waals surface area (Å²) in [5.41, 5.74) is 2.51. The molecule has 102 valence electrons. The lowest BCUT2D eigenvalue weighted by Gasteiger charge is -2.52. The lowest BCUT2D eigenvalue weighted by Crippen LogP contribution is -2.56. The lowest BCUT2D eigenvalue weighted by atomic mass is 9.75. The van der Waals surface area contributed by atoms with Crippen molar-refractivity contribution < 1.29 is 0 Å². The molecule has 1 N–H and O–H groups in total. The molecule has 4 rings (SSSR count). The smallest absolute Gasteiger partial charge is 0.0796 e. The first kappa shape index (κ1) is 11.9. The van der Waals surface area contributed by atoms with Crippen molar-refractivity contribution in [3.63, 3.8) is 0 Å². The average molecular weight is 277 g/mol. The quantitative estimate of drug-likeness (QED) is 0.760. The van der Waals surface area contributed by atoms with Crippen LogP contribution in [0.3, 0.4) is 0 Å². The Labute approximate surface area is 120 Å². The van der Waals surface area contributed by atoms with Crippen LogP contribution in [0.25, 0.3) is 0 Å². The third kappa shape index (κ3) is 1.84. The highest BCUT2D eigenvalue weighted by molar-refractivity contribution is 6.34. The van der Waals surface area contributed by atoms with Crippen molar-refractivity contribution in [3.8, 4) is 0 Å². The molecule has 19 heavy (non-hydrogen) atoms. The van der Waals surface area contributed by atoms with Crippen LogP contribution in [-0.4, -0.2) is 18.6 Å². The Hall–Kier alpha value is -0.890. The van der Waals surface area contributed by atoms with Crippen LogP contribution in [0.2, 0.25) is 5.02 Å². The van der Waals surface area contributed by atoms with Crippen molar-refractivity contribution in [2.24, 2.45) is 5.92 Å². The van der Waals surface area contributed by atoms with E-state index in [1.165, 1.54) is 49.9 Å². The van der Waals surface area contributed by atoms with E-state index in [1.54, 1.807) is 0 Å². The number of nitrogens with zero attached hydrogens (tertiary/aromatic N) is 1. The zero-order chi connectivity index (χ0) is 12.8. The molecule has 1 aromatic rings. The molecule has 2 heterocycles. The number of halogens is 1. The van der Waals surface area contributed by atoms with Crippen molar-refractivity contribution in [1.29, 1.82) is 0 Å². The number of anilines is 2. The molecule has 2 nitrogen and oxygen atoms in total. The number of hydrogen-bond donors (Lipinski definition) is 1. The van der Waals surface area contributed by atoms with E-state index < -0.39 is 0 Å². The average Bonchev–Trinajstić information content (AvgIpc) is 2.47. The van der Waals surface area contributed by atoms with Crippen molar-refractivity contribution in [3.05, 3.63) is 23.2 Å². The summed E-state index contributed by atoms with van der Waals surface area (Å²) in [4.78, 5) is 2.68.